The predicted molar refractivity (Wildman–Crippen MR) is 230 cm³/mol. The van der Waals surface area contributed by atoms with E-state index < -0.39 is 5.97 Å². The number of carbonyl (C=O) groups excluding carboxylic acids is 1. The van der Waals surface area contributed by atoms with Crippen molar-refractivity contribution in [2.24, 2.45) is 0 Å². The zero-order valence-corrected chi connectivity index (χ0v) is 35.0. The van der Waals surface area contributed by atoms with Crippen molar-refractivity contribution in [1.29, 1.82) is 0 Å². The third kappa shape index (κ3) is 8.16. The van der Waals surface area contributed by atoms with Crippen molar-refractivity contribution in [2.45, 2.75) is 44.4 Å². The third-order valence-corrected chi connectivity index (χ3v) is 12.8. The van der Waals surface area contributed by atoms with E-state index in [2.05, 4.69) is 80.2 Å². The number of nitrogens with one attached hydrogen (secondary N) is 2. The van der Waals surface area contributed by atoms with Gasteiger partial charge in [0.1, 0.15) is 23.0 Å². The number of rotatable bonds is 7. The third-order valence-electron chi connectivity index (χ3n) is 9.49. The Morgan fingerprint density at radius 2 is 1.36 bits per heavy atom. The standard InChI is InChI=1S/C21H21ClN4O2S.C20H21BrN4S/c1-3-26-20-17(18(25-26)16-6-4-5-9-23-16)19(29-11-10-24-20)14-8-7-13(12-15(14)22)21(27)28-2;1-3-25-20-17(18(24-25)16-6-4-5-9-22-16)19(26-11-10-23-20)15-8-7-14(21)12-13(15)2/h4-9,12,19,24H,3,10-11H2,1-2H3;4-9,12,19,23H,3,10-11H2,1-2H3. The molecule has 2 unspecified atom stereocenters. The lowest BCUT2D eigenvalue weighted by Gasteiger charge is -2.19. The van der Waals surface area contributed by atoms with E-state index in [9.17, 15) is 4.79 Å². The molecule has 4 aromatic heterocycles. The van der Waals surface area contributed by atoms with Crippen LogP contribution in [0, 0.1) is 6.92 Å². The average molecular weight is 858 g/mol. The fourth-order valence-corrected chi connectivity index (χ4v) is 10.3. The zero-order valence-electron chi connectivity index (χ0n) is 31.1. The molecule has 2 aliphatic rings. The maximum absolute atomic E-state index is 11.9. The van der Waals surface area contributed by atoms with Crippen molar-refractivity contribution >= 4 is 68.7 Å². The van der Waals surface area contributed by atoms with E-state index in [-0.39, 0.29) is 10.5 Å². The number of benzene rings is 2. The quantitative estimate of drug-likeness (QED) is 0.151. The van der Waals surface area contributed by atoms with Crippen LogP contribution in [0.2, 0.25) is 5.02 Å². The molecule has 2 aliphatic heterocycles. The number of ether oxygens (including phenoxy) is 1. The van der Waals surface area contributed by atoms with Crippen molar-refractivity contribution < 1.29 is 9.53 Å². The van der Waals surface area contributed by atoms with E-state index in [1.54, 1.807) is 30.1 Å². The van der Waals surface area contributed by atoms with Crippen LogP contribution >= 0.6 is 51.1 Å². The Morgan fingerprint density at radius 1 is 0.818 bits per heavy atom. The summed E-state index contributed by atoms with van der Waals surface area (Å²) in [5.74, 6) is 3.70. The zero-order chi connectivity index (χ0) is 38.5. The van der Waals surface area contributed by atoms with Crippen LogP contribution < -0.4 is 10.6 Å². The lowest BCUT2D eigenvalue weighted by Crippen LogP contribution is -2.08. The molecule has 2 N–H and O–H groups in total. The van der Waals surface area contributed by atoms with Gasteiger partial charge in [0.15, 0.2) is 0 Å². The van der Waals surface area contributed by atoms with Gasteiger partial charge in [0.2, 0.25) is 0 Å². The van der Waals surface area contributed by atoms with Gasteiger partial charge in [-0.2, -0.15) is 10.2 Å². The second kappa shape index (κ2) is 17.7. The maximum atomic E-state index is 11.9. The number of thioether (sulfide) groups is 2. The van der Waals surface area contributed by atoms with Crippen LogP contribution in [-0.2, 0) is 17.8 Å². The van der Waals surface area contributed by atoms with Gasteiger partial charge in [-0.1, -0.05) is 51.8 Å². The van der Waals surface area contributed by atoms with Gasteiger partial charge in [0.25, 0.3) is 0 Å². The molecule has 10 nitrogen and oxygen atoms in total. The van der Waals surface area contributed by atoms with Gasteiger partial charge in [-0.05, 0) is 86.0 Å². The van der Waals surface area contributed by atoms with E-state index in [0.717, 1.165) is 87.7 Å². The molecule has 8 rings (SSSR count). The van der Waals surface area contributed by atoms with Gasteiger partial charge in [0.05, 0.1) is 34.6 Å². The topological polar surface area (TPSA) is 112 Å². The summed E-state index contributed by atoms with van der Waals surface area (Å²) in [7, 11) is 1.36. The summed E-state index contributed by atoms with van der Waals surface area (Å²) >= 11 is 14.0. The molecule has 2 aromatic carbocycles. The minimum atomic E-state index is -0.401. The highest BCUT2D eigenvalue weighted by atomic mass is 79.9. The van der Waals surface area contributed by atoms with Gasteiger partial charge >= 0.3 is 5.97 Å². The smallest absolute Gasteiger partial charge is 0.337 e. The Labute approximate surface area is 343 Å². The lowest BCUT2D eigenvalue weighted by atomic mass is 9.98. The molecule has 0 radical (unpaired) electrons. The van der Waals surface area contributed by atoms with Crippen LogP contribution in [0.4, 0.5) is 11.6 Å². The fourth-order valence-electron chi connectivity index (χ4n) is 6.93. The number of methoxy groups -OCH3 is 1. The van der Waals surface area contributed by atoms with Crippen molar-refractivity contribution in [3.63, 3.8) is 0 Å². The van der Waals surface area contributed by atoms with Crippen molar-refractivity contribution in [3.8, 4) is 22.8 Å². The van der Waals surface area contributed by atoms with Gasteiger partial charge < -0.3 is 15.4 Å². The Kier molecular flexibility index (Phi) is 12.5. The number of fused-ring (bicyclic) bond motifs is 2. The van der Waals surface area contributed by atoms with Crippen LogP contribution in [-0.4, -0.2) is 67.2 Å². The largest absolute Gasteiger partial charge is 0.465 e. The first-order valence-corrected chi connectivity index (χ1v) is 21.5. The number of anilines is 2. The molecule has 0 fully saturated rings. The molecule has 0 saturated heterocycles. The van der Waals surface area contributed by atoms with Crippen molar-refractivity contribution in [2.75, 3.05) is 42.3 Å². The molecular formula is C41H42BrClN8O2S2. The predicted octanol–water partition coefficient (Wildman–Crippen LogP) is 9.94. The van der Waals surface area contributed by atoms with Crippen LogP contribution in [0.3, 0.4) is 0 Å². The number of halogens is 2. The Morgan fingerprint density at radius 3 is 1.84 bits per heavy atom. The second-order valence-electron chi connectivity index (χ2n) is 12.9. The van der Waals surface area contributed by atoms with E-state index in [1.807, 2.05) is 65.1 Å². The summed E-state index contributed by atoms with van der Waals surface area (Å²) < 4.78 is 9.99. The van der Waals surface area contributed by atoms with Gasteiger partial charge in [-0.15, -0.1) is 23.5 Å². The summed E-state index contributed by atoms with van der Waals surface area (Å²) in [4.78, 5) is 21.0. The molecule has 0 bridgehead atoms. The second-order valence-corrected chi connectivity index (χ2v) is 16.6. The Balaban J connectivity index is 0.000000170. The number of hydrogen-bond acceptors (Lipinski definition) is 10. The number of carbonyl (C=O) groups is 1. The number of nitrogens with zero attached hydrogens (tertiary/aromatic N) is 6. The number of aryl methyl sites for hydroxylation is 3. The first kappa shape index (κ1) is 39.0. The molecule has 2 atom stereocenters. The van der Waals surface area contributed by atoms with E-state index >= 15 is 0 Å². The summed E-state index contributed by atoms with van der Waals surface area (Å²) in [6, 6.07) is 23.7. The van der Waals surface area contributed by atoms with E-state index in [0.29, 0.717) is 10.6 Å². The minimum absolute atomic E-state index is 0.0310. The summed E-state index contributed by atoms with van der Waals surface area (Å²) in [6.45, 7) is 9.74. The highest BCUT2D eigenvalue weighted by Crippen LogP contribution is 2.48. The molecule has 284 valence electrons. The van der Waals surface area contributed by atoms with Crippen LogP contribution in [0.25, 0.3) is 22.8 Å². The number of aromatic nitrogens is 6. The highest BCUT2D eigenvalue weighted by Gasteiger charge is 2.32. The number of esters is 1. The summed E-state index contributed by atoms with van der Waals surface area (Å²) in [6.07, 6.45) is 3.61. The molecule has 0 saturated carbocycles. The molecule has 0 spiro atoms. The van der Waals surface area contributed by atoms with Crippen LogP contribution in [0.15, 0.2) is 89.7 Å². The Hall–Kier alpha value is -4.30. The number of hydrogen-bond donors (Lipinski definition) is 2. The van der Waals surface area contributed by atoms with Gasteiger partial charge in [0, 0.05) is 70.7 Å². The first-order valence-electron chi connectivity index (χ1n) is 18.2. The summed E-state index contributed by atoms with van der Waals surface area (Å²) in [5.41, 5.74) is 9.93. The Bertz CT molecular complexity index is 2290. The number of pyridine rings is 2. The van der Waals surface area contributed by atoms with Gasteiger partial charge in [-0.3, -0.25) is 9.97 Å². The fraction of sp³-hybridized carbons (Fsp3) is 0.293. The van der Waals surface area contributed by atoms with Crippen LogP contribution in [0.1, 0.15) is 62.5 Å². The van der Waals surface area contributed by atoms with E-state index in [1.165, 1.54) is 23.8 Å². The molecule has 0 aliphatic carbocycles. The molecule has 14 heteroatoms. The highest BCUT2D eigenvalue weighted by molar-refractivity contribution is 9.10. The average Bonchev–Trinajstić information content (AvgIpc) is 3.58. The normalized spacial score (nSPS) is 16.3. The first-order chi connectivity index (χ1) is 26.8. The van der Waals surface area contributed by atoms with Gasteiger partial charge in [-0.25, -0.2) is 14.2 Å². The van der Waals surface area contributed by atoms with Crippen LogP contribution in [0.5, 0.6) is 0 Å². The van der Waals surface area contributed by atoms with Crippen molar-refractivity contribution in [1.82, 2.24) is 29.5 Å². The monoisotopic (exact) mass is 856 g/mol. The van der Waals surface area contributed by atoms with E-state index in [4.69, 9.17) is 26.5 Å². The molecule has 0 amide bonds. The molecule has 6 heterocycles. The minimum Gasteiger partial charge on any atom is -0.465 e. The maximum Gasteiger partial charge on any atom is 0.337 e. The summed E-state index contributed by atoms with van der Waals surface area (Å²) in [5, 5.41) is 17.6. The SMILES string of the molecule is CCn1nc(-c2ccccn2)c2c1NCCSC2c1ccc(Br)cc1C.CCn1nc(-c2ccccn2)c2c1NCCSC2c1ccc(C(=O)OC)cc1Cl. The molecule has 6 aromatic rings. The molecular weight excluding hydrogens is 816 g/mol. The van der Waals surface area contributed by atoms with Crippen molar-refractivity contribution in [3.05, 3.63) is 128 Å². The molecule has 55 heavy (non-hydrogen) atoms. The lowest BCUT2D eigenvalue weighted by molar-refractivity contribution is 0.0600.